The van der Waals surface area contributed by atoms with Crippen LogP contribution in [0.15, 0.2) is 47.4 Å². The molecule has 1 aliphatic carbocycles. The molecule has 1 fully saturated rings. The van der Waals surface area contributed by atoms with Gasteiger partial charge in [0, 0.05) is 18.5 Å². The van der Waals surface area contributed by atoms with Crippen LogP contribution in [-0.2, 0) is 27.5 Å². The Kier molecular flexibility index (Phi) is 6.63. The zero-order valence-corrected chi connectivity index (χ0v) is 20.7. The maximum Gasteiger partial charge on any atom is 0.416 e. The van der Waals surface area contributed by atoms with Gasteiger partial charge >= 0.3 is 16.3 Å². The van der Waals surface area contributed by atoms with Crippen LogP contribution in [0.1, 0.15) is 35.1 Å². The molecule has 210 valence electrons. The third-order valence-electron chi connectivity index (χ3n) is 6.52. The van der Waals surface area contributed by atoms with Crippen LogP contribution in [0.2, 0.25) is 0 Å². The Morgan fingerprint density at radius 3 is 2.05 bits per heavy atom. The van der Waals surface area contributed by atoms with Crippen molar-refractivity contribution in [1.82, 2.24) is 0 Å². The number of carbonyl (C=O) groups excluding carboxylic acids is 1. The maximum absolute atomic E-state index is 14.0. The fourth-order valence-electron chi connectivity index (χ4n) is 4.61. The molecule has 1 heterocycles. The first-order valence-electron chi connectivity index (χ1n) is 11.5. The largest absolute Gasteiger partial charge is 0.416 e. The standard InChI is InChI=1S/C26H15F8NO4S/c27-20-21(28)23(30)25(24(31)22(20)29)39-40(37,38)14-5-8-15-12(10-14)3-6-16(15)17-7-4-13(26(32,33)34)11-18(17)35-9-1-2-19(35)36/h4-8,10-11H,1-3,9H2. The fourth-order valence-corrected chi connectivity index (χ4v) is 5.60. The normalized spacial score (nSPS) is 15.4. The predicted octanol–water partition coefficient (Wildman–Crippen LogP) is 6.28. The monoisotopic (exact) mass is 589 g/mol. The Bertz CT molecular complexity index is 1690. The molecule has 14 heteroatoms. The Hall–Kier alpha value is -3.94. The van der Waals surface area contributed by atoms with Crippen LogP contribution >= 0.6 is 0 Å². The second-order valence-corrected chi connectivity index (χ2v) is 10.5. The van der Waals surface area contributed by atoms with Crippen LogP contribution in [0.4, 0.5) is 40.8 Å². The summed E-state index contributed by atoms with van der Waals surface area (Å²) in [5.41, 5.74) is 0.469. The van der Waals surface area contributed by atoms with Crippen molar-refractivity contribution in [2.75, 3.05) is 11.4 Å². The lowest BCUT2D eigenvalue weighted by Gasteiger charge is -2.22. The molecule has 0 spiro atoms. The molecule has 3 aromatic rings. The number of rotatable bonds is 5. The van der Waals surface area contributed by atoms with E-state index < -0.39 is 61.6 Å². The lowest BCUT2D eigenvalue weighted by Crippen LogP contribution is -2.25. The first-order chi connectivity index (χ1) is 18.7. The van der Waals surface area contributed by atoms with Crippen molar-refractivity contribution in [2.24, 2.45) is 0 Å². The van der Waals surface area contributed by atoms with E-state index in [-0.39, 0.29) is 36.5 Å². The van der Waals surface area contributed by atoms with Crippen molar-refractivity contribution in [3.05, 3.63) is 93.8 Å². The molecule has 3 aromatic carbocycles. The van der Waals surface area contributed by atoms with Crippen molar-refractivity contribution < 1.29 is 52.5 Å². The number of allylic oxidation sites excluding steroid dienone is 1. The van der Waals surface area contributed by atoms with E-state index in [1.54, 1.807) is 6.08 Å². The minimum absolute atomic E-state index is 0.0303. The summed E-state index contributed by atoms with van der Waals surface area (Å²) in [6.07, 6.45) is -2.38. The van der Waals surface area contributed by atoms with Gasteiger partial charge in [0.15, 0.2) is 0 Å². The fraction of sp³-hybridized carbons (Fsp3) is 0.192. The molecule has 0 aromatic heterocycles. The smallest absolute Gasteiger partial charge is 0.372 e. The number of fused-ring (bicyclic) bond motifs is 1. The maximum atomic E-state index is 14.0. The summed E-state index contributed by atoms with van der Waals surface area (Å²) in [7, 11) is -5.10. The molecule has 40 heavy (non-hydrogen) atoms. The predicted molar refractivity (Wildman–Crippen MR) is 124 cm³/mol. The van der Waals surface area contributed by atoms with Gasteiger partial charge in [0.25, 0.3) is 0 Å². The van der Waals surface area contributed by atoms with Gasteiger partial charge in [0.05, 0.1) is 11.3 Å². The van der Waals surface area contributed by atoms with Gasteiger partial charge in [-0.15, -0.1) is 0 Å². The van der Waals surface area contributed by atoms with Gasteiger partial charge in [-0.2, -0.15) is 30.4 Å². The van der Waals surface area contributed by atoms with Crippen LogP contribution in [0.5, 0.6) is 5.75 Å². The highest BCUT2D eigenvalue weighted by atomic mass is 32.2. The summed E-state index contributed by atoms with van der Waals surface area (Å²) in [6, 6.07) is 6.19. The van der Waals surface area contributed by atoms with E-state index in [9.17, 15) is 48.3 Å². The van der Waals surface area contributed by atoms with Crippen LogP contribution in [-0.4, -0.2) is 20.9 Å². The molecule has 0 saturated carbocycles. The molecule has 0 unspecified atom stereocenters. The highest BCUT2D eigenvalue weighted by Crippen LogP contribution is 2.42. The number of nitrogens with zero attached hydrogens (tertiary/aromatic N) is 1. The van der Waals surface area contributed by atoms with Crippen LogP contribution < -0.4 is 9.08 Å². The van der Waals surface area contributed by atoms with Gasteiger partial charge in [-0.05, 0) is 53.8 Å². The van der Waals surface area contributed by atoms with Crippen molar-refractivity contribution in [3.63, 3.8) is 0 Å². The minimum atomic E-state index is -5.10. The zero-order chi connectivity index (χ0) is 29.1. The summed E-state index contributed by atoms with van der Waals surface area (Å²) in [6.45, 7) is 0.208. The average Bonchev–Trinajstić information content (AvgIpc) is 3.53. The first kappa shape index (κ1) is 27.6. The third kappa shape index (κ3) is 4.59. The van der Waals surface area contributed by atoms with Gasteiger partial charge in [-0.25, -0.2) is 13.2 Å². The second kappa shape index (κ2) is 9.61. The summed E-state index contributed by atoms with van der Waals surface area (Å²) in [5, 5.41) is 0. The number of anilines is 1. The minimum Gasteiger partial charge on any atom is -0.372 e. The third-order valence-corrected chi connectivity index (χ3v) is 7.74. The average molecular weight is 589 g/mol. The van der Waals surface area contributed by atoms with Gasteiger partial charge < -0.3 is 9.08 Å². The SMILES string of the molecule is O=C1CCCN1c1cc(C(F)(F)F)ccc1C1=CCc2cc(S(=O)(=O)Oc3c(F)c(F)c(F)c(F)c3F)ccc21. The molecule has 0 radical (unpaired) electrons. The van der Waals surface area contributed by atoms with Crippen LogP contribution in [0.25, 0.3) is 5.57 Å². The van der Waals surface area contributed by atoms with E-state index in [2.05, 4.69) is 4.18 Å². The molecule has 5 rings (SSSR count). The van der Waals surface area contributed by atoms with Crippen molar-refractivity contribution >= 4 is 27.3 Å². The van der Waals surface area contributed by atoms with Crippen LogP contribution in [0, 0.1) is 29.1 Å². The van der Waals surface area contributed by atoms with Gasteiger partial charge in [-0.1, -0.05) is 18.2 Å². The van der Waals surface area contributed by atoms with Crippen LogP contribution in [0.3, 0.4) is 0 Å². The Labute approximate surface area is 221 Å². The molecular formula is C26H15F8NO4S. The summed E-state index contributed by atoms with van der Waals surface area (Å²) >= 11 is 0. The number of hydrogen-bond donors (Lipinski definition) is 0. The zero-order valence-electron chi connectivity index (χ0n) is 19.9. The lowest BCUT2D eigenvalue weighted by molar-refractivity contribution is -0.137. The van der Waals surface area contributed by atoms with Crippen molar-refractivity contribution in [1.29, 1.82) is 0 Å². The highest BCUT2D eigenvalue weighted by Gasteiger charge is 2.35. The number of carbonyl (C=O) groups is 1. The number of alkyl halides is 3. The lowest BCUT2D eigenvalue weighted by atomic mass is 9.96. The Morgan fingerprint density at radius 2 is 1.45 bits per heavy atom. The molecule has 0 atom stereocenters. The molecule has 1 saturated heterocycles. The quantitative estimate of drug-likeness (QED) is 0.152. The Balaban J connectivity index is 1.52. The number of benzene rings is 3. The molecule has 0 bridgehead atoms. The van der Waals surface area contributed by atoms with Gasteiger partial charge in [0.2, 0.25) is 40.7 Å². The molecule has 1 aliphatic heterocycles. The molecule has 5 nitrogen and oxygen atoms in total. The van der Waals surface area contributed by atoms with E-state index in [4.69, 9.17) is 0 Å². The second-order valence-electron chi connectivity index (χ2n) is 8.96. The number of halogens is 8. The molecule has 2 aliphatic rings. The first-order valence-corrected chi connectivity index (χ1v) is 12.9. The highest BCUT2D eigenvalue weighted by molar-refractivity contribution is 7.87. The van der Waals surface area contributed by atoms with Gasteiger partial charge in [0.1, 0.15) is 4.90 Å². The van der Waals surface area contributed by atoms with E-state index in [0.717, 1.165) is 24.3 Å². The Morgan fingerprint density at radius 1 is 0.825 bits per heavy atom. The van der Waals surface area contributed by atoms with E-state index in [1.165, 1.54) is 17.0 Å². The summed E-state index contributed by atoms with van der Waals surface area (Å²) < 4.78 is 138. The number of amides is 1. The summed E-state index contributed by atoms with van der Waals surface area (Å²) in [4.78, 5) is 13.0. The van der Waals surface area contributed by atoms with E-state index in [1.807, 2.05) is 0 Å². The summed E-state index contributed by atoms with van der Waals surface area (Å²) in [5.74, 6) is -14.6. The molecular weight excluding hydrogens is 574 g/mol. The van der Waals surface area contributed by atoms with E-state index >= 15 is 0 Å². The molecule has 1 amide bonds. The van der Waals surface area contributed by atoms with Crippen molar-refractivity contribution in [2.45, 2.75) is 30.3 Å². The molecule has 0 N–H and O–H groups in total. The van der Waals surface area contributed by atoms with Crippen molar-refractivity contribution in [3.8, 4) is 5.75 Å². The van der Waals surface area contributed by atoms with Gasteiger partial charge in [-0.3, -0.25) is 4.79 Å². The van der Waals surface area contributed by atoms with E-state index in [0.29, 0.717) is 23.1 Å². The number of hydrogen-bond acceptors (Lipinski definition) is 4. The topological polar surface area (TPSA) is 63.7 Å².